The molecule has 19 heavy (non-hydrogen) atoms. The van der Waals surface area contributed by atoms with Gasteiger partial charge < -0.3 is 4.74 Å². The van der Waals surface area contributed by atoms with E-state index in [1.54, 1.807) is 12.1 Å². The number of carbonyl (C=O) groups is 1. The molecule has 0 heterocycles. The number of hydrogen-bond acceptors (Lipinski definition) is 4. The summed E-state index contributed by atoms with van der Waals surface area (Å²) >= 11 is 3.05. The molecule has 0 saturated carbocycles. The van der Waals surface area contributed by atoms with Crippen molar-refractivity contribution in [2.24, 2.45) is 0 Å². The van der Waals surface area contributed by atoms with Crippen molar-refractivity contribution < 1.29 is 17.9 Å². The largest absolute Gasteiger partial charge is 0.468 e. The third-order valence-electron chi connectivity index (χ3n) is 2.70. The minimum atomic E-state index is -3.62. The van der Waals surface area contributed by atoms with Crippen molar-refractivity contribution in [3.8, 4) is 0 Å². The number of methoxy groups -OCH3 is 1. The van der Waals surface area contributed by atoms with Crippen molar-refractivity contribution in [2.75, 3.05) is 13.7 Å². The summed E-state index contributed by atoms with van der Waals surface area (Å²) in [4.78, 5) is 10.6. The van der Waals surface area contributed by atoms with E-state index < -0.39 is 20.8 Å². The van der Waals surface area contributed by atoms with Crippen molar-refractivity contribution in [3.05, 3.63) is 29.3 Å². The monoisotopic (exact) mass is 349 g/mol. The fourth-order valence-corrected chi connectivity index (χ4v) is 3.05. The summed E-state index contributed by atoms with van der Waals surface area (Å²) in [5, 5.41) is 0. The van der Waals surface area contributed by atoms with Crippen LogP contribution in [0.1, 0.15) is 11.1 Å². The number of carbonyl (C=O) groups excluding carboxylic acids is 1. The van der Waals surface area contributed by atoms with Crippen LogP contribution in [0.5, 0.6) is 0 Å². The highest BCUT2D eigenvalue weighted by Crippen LogP contribution is 2.14. The van der Waals surface area contributed by atoms with Crippen LogP contribution in [0.25, 0.3) is 0 Å². The van der Waals surface area contributed by atoms with Crippen LogP contribution in [-0.2, 0) is 19.6 Å². The molecule has 1 aromatic carbocycles. The lowest BCUT2D eigenvalue weighted by Gasteiger charge is -2.11. The highest BCUT2D eigenvalue weighted by Gasteiger charge is 2.20. The number of aryl methyl sites for hydroxylation is 2. The van der Waals surface area contributed by atoms with E-state index in [2.05, 4.69) is 25.4 Å². The predicted molar refractivity (Wildman–Crippen MR) is 75.8 cm³/mol. The van der Waals surface area contributed by atoms with Crippen LogP contribution in [0.4, 0.5) is 0 Å². The molecular formula is C12H16BrNO4S. The van der Waals surface area contributed by atoms with Crippen LogP contribution in [0.3, 0.4) is 0 Å². The molecule has 0 aliphatic heterocycles. The molecule has 1 aromatic rings. The normalized spacial score (nSPS) is 13.1. The maximum atomic E-state index is 12.0. The molecule has 1 N–H and O–H groups in total. The Kier molecular flexibility index (Phi) is 5.51. The number of rotatable bonds is 5. The van der Waals surface area contributed by atoms with Gasteiger partial charge in [-0.25, -0.2) is 13.1 Å². The molecule has 0 aliphatic rings. The second kappa shape index (κ2) is 6.49. The summed E-state index contributed by atoms with van der Waals surface area (Å²) in [5.41, 5.74) is 1.91. The number of hydrogen-bond donors (Lipinski definition) is 1. The number of nitrogens with one attached hydrogen (secondary N) is 1. The average Bonchev–Trinajstić information content (AvgIpc) is 2.38. The van der Waals surface area contributed by atoms with Crippen molar-refractivity contribution in [3.63, 3.8) is 0 Å². The highest BCUT2D eigenvalue weighted by molar-refractivity contribution is 9.10. The number of ether oxygens (including phenoxy) is 1. The Labute approximate surface area is 121 Å². The van der Waals surface area contributed by atoms with E-state index in [1.165, 1.54) is 13.2 Å². The molecule has 5 nitrogen and oxygen atoms in total. The topological polar surface area (TPSA) is 72.5 Å². The molecule has 0 radical (unpaired) electrons. The van der Waals surface area contributed by atoms with Gasteiger partial charge in [-0.3, -0.25) is 4.79 Å². The summed E-state index contributed by atoms with van der Waals surface area (Å²) in [7, 11) is -2.38. The Bertz CT molecular complexity index is 571. The van der Waals surface area contributed by atoms with E-state index in [-0.39, 0.29) is 11.4 Å². The smallest absolute Gasteiger partial charge is 0.320 e. The minimum absolute atomic E-state index is 0.0675. The number of sulfonamides is 1. The van der Waals surface area contributed by atoms with E-state index in [4.69, 9.17) is 0 Å². The molecular weight excluding hydrogens is 334 g/mol. The first-order valence-corrected chi connectivity index (χ1v) is 7.96. The summed E-state index contributed by atoms with van der Waals surface area (Å²) in [6.45, 7) is 3.68. The van der Waals surface area contributed by atoms with E-state index in [1.807, 2.05) is 13.8 Å². The number of esters is 1. The maximum Gasteiger partial charge on any atom is 0.320 e. The van der Waals surface area contributed by atoms with E-state index in [0.717, 1.165) is 11.1 Å². The second-order valence-corrected chi connectivity index (χ2v) is 6.96. The highest BCUT2D eigenvalue weighted by atomic mass is 79.9. The van der Waals surface area contributed by atoms with Gasteiger partial charge in [0, 0.05) is 6.54 Å². The van der Waals surface area contributed by atoms with Crippen molar-refractivity contribution in [1.29, 1.82) is 0 Å². The summed E-state index contributed by atoms with van der Waals surface area (Å²) in [6.07, 6.45) is 0. The first kappa shape index (κ1) is 16.1. The molecule has 1 unspecified atom stereocenters. The Balaban J connectivity index is 2.81. The van der Waals surface area contributed by atoms with E-state index >= 15 is 0 Å². The van der Waals surface area contributed by atoms with Crippen LogP contribution in [0.2, 0.25) is 0 Å². The van der Waals surface area contributed by atoms with Crippen molar-refractivity contribution in [1.82, 2.24) is 4.72 Å². The fourth-order valence-electron chi connectivity index (χ4n) is 1.36. The predicted octanol–water partition coefficient (Wildman–Crippen LogP) is 1.52. The van der Waals surface area contributed by atoms with Crippen molar-refractivity contribution >= 4 is 31.9 Å². The fraction of sp³-hybridized carbons (Fsp3) is 0.417. The molecule has 0 spiro atoms. The van der Waals surface area contributed by atoms with Gasteiger partial charge >= 0.3 is 5.97 Å². The molecule has 7 heteroatoms. The third kappa shape index (κ3) is 4.29. The van der Waals surface area contributed by atoms with Crippen LogP contribution in [0, 0.1) is 13.8 Å². The van der Waals surface area contributed by atoms with Gasteiger partial charge in [0.15, 0.2) is 0 Å². The van der Waals surface area contributed by atoms with Gasteiger partial charge in [0.1, 0.15) is 4.83 Å². The summed E-state index contributed by atoms with van der Waals surface area (Å²) < 4.78 is 30.9. The molecule has 0 aromatic heterocycles. The van der Waals surface area contributed by atoms with Crippen LogP contribution in [0.15, 0.2) is 23.1 Å². The Hall–Kier alpha value is -0.920. The lowest BCUT2D eigenvalue weighted by molar-refractivity contribution is -0.139. The SMILES string of the molecule is COC(=O)C(Br)CNS(=O)(=O)c1ccc(C)c(C)c1. The van der Waals surface area contributed by atoms with Gasteiger partial charge in [-0.05, 0) is 37.1 Å². The number of benzene rings is 1. The summed E-state index contributed by atoms with van der Waals surface area (Å²) in [6, 6.07) is 4.88. The lowest BCUT2D eigenvalue weighted by Crippen LogP contribution is -2.34. The third-order valence-corrected chi connectivity index (χ3v) is 4.82. The van der Waals surface area contributed by atoms with E-state index in [9.17, 15) is 13.2 Å². The summed E-state index contributed by atoms with van der Waals surface area (Å²) in [5.74, 6) is -0.525. The first-order valence-electron chi connectivity index (χ1n) is 5.56. The first-order chi connectivity index (χ1) is 8.77. The Morgan fingerprint density at radius 1 is 1.37 bits per heavy atom. The molecule has 0 bridgehead atoms. The zero-order valence-electron chi connectivity index (χ0n) is 10.9. The van der Waals surface area contributed by atoms with Crippen LogP contribution in [-0.4, -0.2) is 32.9 Å². The van der Waals surface area contributed by atoms with Crippen LogP contribution < -0.4 is 4.72 Å². The maximum absolute atomic E-state index is 12.0. The van der Waals surface area contributed by atoms with Crippen molar-refractivity contribution in [2.45, 2.75) is 23.6 Å². The molecule has 0 aliphatic carbocycles. The lowest BCUT2D eigenvalue weighted by atomic mass is 10.1. The van der Waals surface area contributed by atoms with Crippen LogP contribution >= 0.6 is 15.9 Å². The van der Waals surface area contributed by atoms with Gasteiger partial charge in [0.25, 0.3) is 0 Å². The standard InChI is InChI=1S/C12H16BrNO4S/c1-8-4-5-10(6-9(8)2)19(16,17)14-7-11(13)12(15)18-3/h4-6,11,14H,7H2,1-3H3. The van der Waals surface area contributed by atoms with E-state index in [0.29, 0.717) is 0 Å². The molecule has 106 valence electrons. The molecule has 0 saturated heterocycles. The second-order valence-electron chi connectivity index (χ2n) is 4.09. The Morgan fingerprint density at radius 3 is 2.53 bits per heavy atom. The zero-order chi connectivity index (χ0) is 14.6. The Morgan fingerprint density at radius 2 is 2.00 bits per heavy atom. The van der Waals surface area contributed by atoms with Gasteiger partial charge in [-0.15, -0.1) is 0 Å². The average molecular weight is 350 g/mol. The van der Waals surface area contributed by atoms with Gasteiger partial charge in [-0.1, -0.05) is 22.0 Å². The molecule has 0 amide bonds. The molecule has 1 rings (SSSR count). The molecule has 0 fully saturated rings. The number of halogens is 1. The minimum Gasteiger partial charge on any atom is -0.468 e. The van der Waals surface area contributed by atoms with Gasteiger partial charge in [0.2, 0.25) is 10.0 Å². The number of alkyl halides is 1. The van der Waals surface area contributed by atoms with Gasteiger partial charge in [0.05, 0.1) is 12.0 Å². The zero-order valence-corrected chi connectivity index (χ0v) is 13.3. The quantitative estimate of drug-likeness (QED) is 0.646. The molecule has 1 atom stereocenters. The van der Waals surface area contributed by atoms with Gasteiger partial charge in [-0.2, -0.15) is 0 Å².